The van der Waals surface area contributed by atoms with Crippen molar-refractivity contribution >= 4 is 6.03 Å². The van der Waals surface area contributed by atoms with Gasteiger partial charge in [-0.2, -0.15) is 5.10 Å². The smallest absolute Gasteiger partial charge is 0.315 e. The molecule has 1 saturated carbocycles. The number of benzene rings is 1. The van der Waals surface area contributed by atoms with Gasteiger partial charge < -0.3 is 15.4 Å². The lowest BCUT2D eigenvalue weighted by atomic mass is 10.1. The molecule has 156 valence electrons. The lowest BCUT2D eigenvalue weighted by Crippen LogP contribution is -2.34. The number of carbonyl (C=O) groups is 1. The van der Waals surface area contributed by atoms with E-state index >= 15 is 0 Å². The molecular weight excluding hydrogens is 378 g/mol. The third-order valence-corrected chi connectivity index (χ3v) is 5.48. The fourth-order valence-electron chi connectivity index (χ4n) is 3.86. The third kappa shape index (κ3) is 4.79. The maximum atomic E-state index is 12.2. The minimum Gasteiger partial charge on any atom is -0.497 e. The van der Waals surface area contributed by atoms with Crippen LogP contribution in [-0.2, 0) is 13.1 Å². The first-order valence-corrected chi connectivity index (χ1v) is 10.4. The van der Waals surface area contributed by atoms with Gasteiger partial charge in [0.15, 0.2) is 0 Å². The van der Waals surface area contributed by atoms with Gasteiger partial charge in [0.2, 0.25) is 0 Å². The van der Waals surface area contributed by atoms with Gasteiger partial charge in [-0.05, 0) is 48.7 Å². The van der Waals surface area contributed by atoms with Crippen LogP contribution in [0.3, 0.4) is 0 Å². The molecule has 2 aromatic heterocycles. The summed E-state index contributed by atoms with van der Waals surface area (Å²) in [6, 6.07) is 13.9. The number of nitrogens with zero attached hydrogens (tertiary/aromatic N) is 3. The standard InChI is InChI=1S/C23H27N5O2/c1-30-21-8-6-17(7-9-21)15-25-23(29)26-16-19-14-22(18-10-12-24-13-11-18)28(27-19)20-4-2-3-5-20/h6-14,20H,2-5,15-16H2,1H3,(H2,25,26,29). The molecule has 1 aromatic carbocycles. The Morgan fingerprint density at radius 3 is 2.47 bits per heavy atom. The Labute approximate surface area is 176 Å². The molecule has 30 heavy (non-hydrogen) atoms. The van der Waals surface area contributed by atoms with Gasteiger partial charge in [-0.3, -0.25) is 9.67 Å². The van der Waals surface area contributed by atoms with E-state index in [1.54, 1.807) is 19.5 Å². The molecule has 0 unspecified atom stereocenters. The molecule has 0 aliphatic heterocycles. The van der Waals surface area contributed by atoms with Crippen molar-refractivity contribution in [2.24, 2.45) is 0 Å². The fourth-order valence-corrected chi connectivity index (χ4v) is 3.86. The second-order valence-corrected chi connectivity index (χ2v) is 7.52. The number of pyridine rings is 1. The summed E-state index contributed by atoms with van der Waals surface area (Å²) in [6.07, 6.45) is 8.37. The SMILES string of the molecule is COc1ccc(CNC(=O)NCc2cc(-c3ccncc3)n(C3CCCC3)n2)cc1. The molecule has 2 N–H and O–H groups in total. The summed E-state index contributed by atoms with van der Waals surface area (Å²) in [5, 5.41) is 10.6. The zero-order valence-electron chi connectivity index (χ0n) is 17.2. The number of methoxy groups -OCH3 is 1. The largest absolute Gasteiger partial charge is 0.497 e. The van der Waals surface area contributed by atoms with Crippen molar-refractivity contribution in [1.82, 2.24) is 25.4 Å². The van der Waals surface area contributed by atoms with Crippen LogP contribution < -0.4 is 15.4 Å². The van der Waals surface area contributed by atoms with Crippen LogP contribution in [0.1, 0.15) is 43.0 Å². The Morgan fingerprint density at radius 2 is 1.77 bits per heavy atom. The van der Waals surface area contributed by atoms with Gasteiger partial charge in [0.25, 0.3) is 0 Å². The van der Waals surface area contributed by atoms with Crippen LogP contribution >= 0.6 is 0 Å². The minimum atomic E-state index is -0.216. The van der Waals surface area contributed by atoms with Crippen LogP contribution in [0.2, 0.25) is 0 Å². The highest BCUT2D eigenvalue weighted by Gasteiger charge is 2.22. The van der Waals surface area contributed by atoms with Crippen molar-refractivity contribution in [3.8, 4) is 17.0 Å². The molecule has 0 bridgehead atoms. The van der Waals surface area contributed by atoms with Gasteiger partial charge in [0.05, 0.1) is 31.1 Å². The molecule has 7 heteroatoms. The molecule has 1 aliphatic rings. The van der Waals surface area contributed by atoms with Crippen LogP contribution in [0.4, 0.5) is 4.79 Å². The van der Waals surface area contributed by atoms with Crippen LogP contribution in [0.5, 0.6) is 5.75 Å². The van der Waals surface area contributed by atoms with Crippen LogP contribution in [-0.4, -0.2) is 27.9 Å². The number of ether oxygens (including phenoxy) is 1. The Kier molecular flexibility index (Phi) is 6.27. The molecule has 3 aromatic rings. The van der Waals surface area contributed by atoms with Crippen molar-refractivity contribution in [2.45, 2.75) is 44.8 Å². The molecule has 2 amide bonds. The summed E-state index contributed by atoms with van der Waals surface area (Å²) in [4.78, 5) is 16.4. The van der Waals surface area contributed by atoms with Crippen molar-refractivity contribution in [3.05, 3.63) is 66.1 Å². The van der Waals surface area contributed by atoms with Gasteiger partial charge in [-0.1, -0.05) is 25.0 Å². The monoisotopic (exact) mass is 405 g/mol. The van der Waals surface area contributed by atoms with E-state index in [1.807, 2.05) is 36.4 Å². The number of aromatic nitrogens is 3. The molecule has 0 radical (unpaired) electrons. The normalized spacial score (nSPS) is 13.9. The lowest BCUT2D eigenvalue weighted by molar-refractivity contribution is 0.240. The first-order valence-electron chi connectivity index (χ1n) is 10.4. The molecule has 4 rings (SSSR count). The molecule has 1 fully saturated rings. The van der Waals surface area contributed by atoms with E-state index in [1.165, 1.54) is 12.8 Å². The predicted octanol–water partition coefficient (Wildman–Crippen LogP) is 4.07. The van der Waals surface area contributed by atoms with Crippen LogP contribution in [0.25, 0.3) is 11.3 Å². The van der Waals surface area contributed by atoms with Crippen molar-refractivity contribution < 1.29 is 9.53 Å². The van der Waals surface area contributed by atoms with Gasteiger partial charge in [0.1, 0.15) is 5.75 Å². The minimum absolute atomic E-state index is 0.216. The van der Waals surface area contributed by atoms with Gasteiger partial charge in [-0.25, -0.2) is 4.79 Å². The summed E-state index contributed by atoms with van der Waals surface area (Å²) in [5.41, 5.74) is 4.05. The maximum Gasteiger partial charge on any atom is 0.315 e. The number of hydrogen-bond acceptors (Lipinski definition) is 4. The molecule has 0 saturated heterocycles. The van der Waals surface area contributed by atoms with Crippen molar-refractivity contribution in [1.29, 1.82) is 0 Å². The topological polar surface area (TPSA) is 81.1 Å². The number of amides is 2. The molecule has 0 spiro atoms. The molecular formula is C23H27N5O2. The number of rotatable bonds is 7. The van der Waals surface area contributed by atoms with Gasteiger partial charge >= 0.3 is 6.03 Å². The zero-order valence-corrected chi connectivity index (χ0v) is 17.2. The number of carbonyl (C=O) groups excluding carboxylic acids is 1. The first kappa shape index (κ1) is 19.9. The van der Waals surface area contributed by atoms with Crippen molar-refractivity contribution in [2.75, 3.05) is 7.11 Å². The van der Waals surface area contributed by atoms with Crippen LogP contribution in [0, 0.1) is 0 Å². The molecule has 0 atom stereocenters. The van der Waals surface area contributed by atoms with Gasteiger partial charge in [-0.15, -0.1) is 0 Å². The summed E-state index contributed by atoms with van der Waals surface area (Å²) in [6.45, 7) is 0.834. The summed E-state index contributed by atoms with van der Waals surface area (Å²) in [7, 11) is 1.63. The average Bonchev–Trinajstić information content (AvgIpc) is 3.47. The summed E-state index contributed by atoms with van der Waals surface area (Å²) >= 11 is 0. The molecule has 7 nitrogen and oxygen atoms in total. The van der Waals surface area contributed by atoms with E-state index in [9.17, 15) is 4.79 Å². The second-order valence-electron chi connectivity index (χ2n) is 7.52. The molecule has 1 aliphatic carbocycles. The maximum absolute atomic E-state index is 12.2. The Morgan fingerprint density at radius 1 is 1.07 bits per heavy atom. The predicted molar refractivity (Wildman–Crippen MR) is 115 cm³/mol. The van der Waals surface area contributed by atoms with E-state index < -0.39 is 0 Å². The quantitative estimate of drug-likeness (QED) is 0.621. The highest BCUT2D eigenvalue weighted by molar-refractivity contribution is 5.73. The summed E-state index contributed by atoms with van der Waals surface area (Å²) in [5.74, 6) is 0.797. The fraction of sp³-hybridized carbons (Fsp3) is 0.348. The lowest BCUT2D eigenvalue weighted by Gasteiger charge is -2.14. The molecule has 2 heterocycles. The van der Waals surface area contributed by atoms with Crippen molar-refractivity contribution in [3.63, 3.8) is 0 Å². The van der Waals surface area contributed by atoms with Gasteiger partial charge in [0, 0.05) is 24.5 Å². The highest BCUT2D eigenvalue weighted by atomic mass is 16.5. The van der Waals surface area contributed by atoms with E-state index in [-0.39, 0.29) is 6.03 Å². The van der Waals surface area contributed by atoms with E-state index in [2.05, 4.69) is 26.4 Å². The van der Waals surface area contributed by atoms with Crippen LogP contribution in [0.15, 0.2) is 54.9 Å². The second kappa shape index (κ2) is 9.43. The first-order chi connectivity index (χ1) is 14.7. The number of urea groups is 1. The van der Waals surface area contributed by atoms with E-state index in [0.29, 0.717) is 19.1 Å². The highest BCUT2D eigenvalue weighted by Crippen LogP contribution is 2.33. The number of hydrogen-bond donors (Lipinski definition) is 2. The average molecular weight is 406 g/mol. The Bertz CT molecular complexity index is 963. The summed E-state index contributed by atoms with van der Waals surface area (Å²) < 4.78 is 7.28. The third-order valence-electron chi connectivity index (χ3n) is 5.48. The number of nitrogens with one attached hydrogen (secondary N) is 2. The van der Waals surface area contributed by atoms with E-state index in [4.69, 9.17) is 9.84 Å². The Balaban J connectivity index is 1.38. The van der Waals surface area contributed by atoms with E-state index in [0.717, 1.165) is 41.1 Å². The Hall–Kier alpha value is -3.35. The zero-order chi connectivity index (χ0) is 20.8.